The molecule has 0 spiro atoms. The fraction of sp³-hybridized carbons (Fsp3) is 1.00. The molecule has 0 aliphatic heterocycles. The lowest BCUT2D eigenvalue weighted by Gasteiger charge is -2.23. The van der Waals surface area contributed by atoms with Crippen LogP contribution in [0.15, 0.2) is 0 Å². The molecule has 0 saturated carbocycles. The Labute approximate surface area is 123 Å². The van der Waals surface area contributed by atoms with Gasteiger partial charge in [0.15, 0.2) is 6.29 Å². The minimum Gasteiger partial charge on any atom is -0.350 e. The van der Waals surface area contributed by atoms with Crippen LogP contribution >= 0.6 is 0 Å². The van der Waals surface area contributed by atoms with Gasteiger partial charge in [0.1, 0.15) is 0 Å². The first kappa shape index (κ1) is 19.1. The Balaban J connectivity index is 3.52. The lowest BCUT2D eigenvalue weighted by atomic mass is 10.1. The fourth-order valence-corrected chi connectivity index (χ4v) is 2.70. The maximum atomic E-state index is 5.80. The number of unbranched alkanes of at least 4 members (excludes halogenated alkanes) is 5. The van der Waals surface area contributed by atoms with Gasteiger partial charge in [0.2, 0.25) is 0 Å². The van der Waals surface area contributed by atoms with Crippen LogP contribution in [0.3, 0.4) is 0 Å². The molecule has 0 N–H and O–H groups in total. The minimum absolute atomic E-state index is 0.0127. The van der Waals surface area contributed by atoms with Crippen molar-refractivity contribution in [2.75, 3.05) is 0 Å². The second-order valence-electron chi connectivity index (χ2n) is 5.81. The Morgan fingerprint density at radius 1 is 0.737 bits per heavy atom. The van der Waals surface area contributed by atoms with Crippen molar-refractivity contribution in [3.63, 3.8) is 0 Å². The minimum atomic E-state index is -0.0127. The van der Waals surface area contributed by atoms with E-state index in [1.807, 2.05) is 0 Å². The molecule has 0 atom stereocenters. The van der Waals surface area contributed by atoms with E-state index in [0.29, 0.717) is 0 Å². The molecule has 0 amide bonds. The Morgan fingerprint density at radius 2 is 1.21 bits per heavy atom. The first-order valence-corrected chi connectivity index (χ1v) is 9.72. The van der Waals surface area contributed by atoms with Gasteiger partial charge in [-0.25, -0.2) is 0 Å². The summed E-state index contributed by atoms with van der Waals surface area (Å²) in [6.45, 7) is 10.6. The van der Waals surface area contributed by atoms with Gasteiger partial charge in [-0.1, -0.05) is 44.7 Å². The second kappa shape index (κ2) is 13.1. The van der Waals surface area contributed by atoms with E-state index in [9.17, 15) is 0 Å². The standard InChI is InChI=1S/C16H34O2Si/c1-14(2)17-16(18-15(3)4)12-10-8-6-7-9-11-13-19-5/h14-16H,6-13H2,1-5H3. The molecule has 0 bridgehead atoms. The lowest BCUT2D eigenvalue weighted by Crippen LogP contribution is -2.24. The molecular formula is C16H34O2Si. The van der Waals surface area contributed by atoms with Gasteiger partial charge in [0.05, 0.1) is 12.2 Å². The quantitative estimate of drug-likeness (QED) is 0.267. The molecule has 0 aromatic heterocycles. The fourth-order valence-electron chi connectivity index (χ4n) is 2.10. The van der Waals surface area contributed by atoms with Gasteiger partial charge in [0.25, 0.3) is 0 Å². The number of hydrogen-bond donors (Lipinski definition) is 0. The Hall–Kier alpha value is 0.137. The van der Waals surface area contributed by atoms with E-state index in [4.69, 9.17) is 9.47 Å². The maximum Gasteiger partial charge on any atom is 0.158 e. The number of hydrogen-bond acceptors (Lipinski definition) is 2. The van der Waals surface area contributed by atoms with E-state index in [1.165, 1.54) is 44.6 Å². The van der Waals surface area contributed by atoms with Gasteiger partial charge in [-0.05, 0) is 40.5 Å². The zero-order valence-corrected chi connectivity index (χ0v) is 14.7. The molecule has 0 aromatic rings. The van der Waals surface area contributed by atoms with E-state index in [1.54, 1.807) is 0 Å². The summed E-state index contributed by atoms with van der Waals surface area (Å²) in [6, 6.07) is 1.42. The predicted octanol–water partition coefficient (Wildman–Crippen LogP) is 5.06. The van der Waals surface area contributed by atoms with Crippen molar-refractivity contribution in [1.82, 2.24) is 0 Å². The van der Waals surface area contributed by atoms with Crippen LogP contribution in [0, 0.1) is 0 Å². The topological polar surface area (TPSA) is 18.5 Å². The number of ether oxygens (including phenoxy) is 2. The maximum absolute atomic E-state index is 5.80. The van der Waals surface area contributed by atoms with Crippen molar-refractivity contribution >= 4 is 9.52 Å². The highest BCUT2D eigenvalue weighted by molar-refractivity contribution is 6.33. The van der Waals surface area contributed by atoms with Gasteiger partial charge in [-0.15, -0.1) is 0 Å². The third-order valence-corrected chi connectivity index (χ3v) is 3.82. The average molecular weight is 287 g/mol. The van der Waals surface area contributed by atoms with Crippen LogP contribution in [-0.4, -0.2) is 28.0 Å². The summed E-state index contributed by atoms with van der Waals surface area (Å²) in [5.41, 5.74) is 0. The first-order valence-electron chi connectivity index (χ1n) is 8.01. The first-order chi connectivity index (χ1) is 9.06. The van der Waals surface area contributed by atoms with Crippen LogP contribution < -0.4 is 0 Å². The molecule has 0 fully saturated rings. The second-order valence-corrected chi connectivity index (χ2v) is 7.02. The van der Waals surface area contributed by atoms with Crippen LogP contribution in [0.25, 0.3) is 0 Å². The highest BCUT2D eigenvalue weighted by atomic mass is 28.2. The Morgan fingerprint density at radius 3 is 1.68 bits per heavy atom. The molecular weight excluding hydrogens is 252 g/mol. The Bertz CT molecular complexity index is 174. The summed E-state index contributed by atoms with van der Waals surface area (Å²) in [7, 11) is 1.13. The third-order valence-electron chi connectivity index (χ3n) is 2.96. The molecule has 3 heteroatoms. The lowest BCUT2D eigenvalue weighted by molar-refractivity contribution is -0.184. The van der Waals surface area contributed by atoms with Gasteiger partial charge in [0, 0.05) is 9.52 Å². The molecule has 19 heavy (non-hydrogen) atoms. The monoisotopic (exact) mass is 286 g/mol. The van der Waals surface area contributed by atoms with E-state index < -0.39 is 0 Å². The number of rotatable bonds is 13. The normalized spacial score (nSPS) is 12.0. The van der Waals surface area contributed by atoms with Crippen molar-refractivity contribution < 1.29 is 9.47 Å². The molecule has 0 rings (SSSR count). The zero-order chi connectivity index (χ0) is 14.5. The molecule has 2 radical (unpaired) electrons. The molecule has 0 heterocycles. The van der Waals surface area contributed by atoms with Gasteiger partial charge in [-0.3, -0.25) is 0 Å². The summed E-state index contributed by atoms with van der Waals surface area (Å²) >= 11 is 0. The third kappa shape index (κ3) is 14.4. The van der Waals surface area contributed by atoms with Crippen LogP contribution in [0.2, 0.25) is 12.6 Å². The summed E-state index contributed by atoms with van der Waals surface area (Å²) in [4.78, 5) is 0. The summed E-state index contributed by atoms with van der Waals surface area (Å²) in [6.07, 6.45) is 9.65. The highest BCUT2D eigenvalue weighted by Gasteiger charge is 2.12. The Kier molecular flexibility index (Phi) is 13.2. The van der Waals surface area contributed by atoms with Crippen molar-refractivity contribution in [1.29, 1.82) is 0 Å². The van der Waals surface area contributed by atoms with E-state index in [-0.39, 0.29) is 18.5 Å². The predicted molar refractivity (Wildman–Crippen MR) is 85.0 cm³/mol. The van der Waals surface area contributed by atoms with Crippen molar-refractivity contribution in [3.05, 3.63) is 0 Å². The molecule has 0 saturated heterocycles. The molecule has 2 nitrogen and oxygen atoms in total. The van der Waals surface area contributed by atoms with Crippen LogP contribution in [-0.2, 0) is 9.47 Å². The van der Waals surface area contributed by atoms with E-state index >= 15 is 0 Å². The molecule has 0 unspecified atom stereocenters. The molecule has 0 aliphatic carbocycles. The molecule has 0 aromatic carbocycles. The molecule has 0 aliphatic rings. The van der Waals surface area contributed by atoms with E-state index in [0.717, 1.165) is 15.9 Å². The average Bonchev–Trinajstić information content (AvgIpc) is 2.30. The largest absolute Gasteiger partial charge is 0.350 e. The van der Waals surface area contributed by atoms with Crippen LogP contribution in [0.5, 0.6) is 0 Å². The van der Waals surface area contributed by atoms with Gasteiger partial charge in [-0.2, -0.15) is 0 Å². The van der Waals surface area contributed by atoms with Gasteiger partial charge >= 0.3 is 0 Å². The zero-order valence-electron chi connectivity index (χ0n) is 13.7. The summed E-state index contributed by atoms with van der Waals surface area (Å²) in [5.74, 6) is 0. The highest BCUT2D eigenvalue weighted by Crippen LogP contribution is 2.14. The van der Waals surface area contributed by atoms with Crippen LogP contribution in [0.4, 0.5) is 0 Å². The van der Waals surface area contributed by atoms with Crippen LogP contribution in [0.1, 0.15) is 72.6 Å². The van der Waals surface area contributed by atoms with E-state index in [2.05, 4.69) is 34.2 Å². The summed E-state index contributed by atoms with van der Waals surface area (Å²) in [5, 5.41) is 0. The van der Waals surface area contributed by atoms with Crippen molar-refractivity contribution in [2.24, 2.45) is 0 Å². The summed E-state index contributed by atoms with van der Waals surface area (Å²) < 4.78 is 11.6. The van der Waals surface area contributed by atoms with Crippen molar-refractivity contribution in [2.45, 2.75) is 104 Å². The van der Waals surface area contributed by atoms with Crippen molar-refractivity contribution in [3.8, 4) is 0 Å². The smallest absolute Gasteiger partial charge is 0.158 e. The van der Waals surface area contributed by atoms with Gasteiger partial charge < -0.3 is 9.47 Å². The SMILES string of the molecule is C[Si]CCCCCCCCC(OC(C)C)OC(C)C. The molecule has 114 valence electrons.